The first kappa shape index (κ1) is 8.97. The van der Waals surface area contributed by atoms with Crippen molar-refractivity contribution in [1.29, 1.82) is 0 Å². The number of rotatable bonds is 2. The second kappa shape index (κ2) is 3.09. The van der Waals surface area contributed by atoms with Crippen LogP contribution in [0, 0.1) is 0 Å². The largest absolute Gasteiger partial charge is 0.379 e. The summed E-state index contributed by atoms with van der Waals surface area (Å²) in [6.45, 7) is 7.44. The molecule has 0 amide bonds. The molecule has 1 fully saturated rings. The molecule has 0 spiro atoms. The third-order valence-corrected chi connectivity index (χ3v) is 2.46. The third-order valence-electron chi connectivity index (χ3n) is 2.46. The molecule has 1 rings (SSSR count). The van der Waals surface area contributed by atoms with Crippen molar-refractivity contribution in [3.63, 3.8) is 0 Å². The van der Waals surface area contributed by atoms with E-state index in [-0.39, 0.29) is 5.72 Å². The molecule has 1 saturated heterocycles. The first-order valence-corrected chi connectivity index (χ1v) is 4.19. The molecule has 3 nitrogen and oxygen atoms in total. The van der Waals surface area contributed by atoms with Crippen LogP contribution in [0.3, 0.4) is 0 Å². The molecule has 2 atom stereocenters. The first-order chi connectivity index (χ1) is 5.10. The summed E-state index contributed by atoms with van der Waals surface area (Å²) in [5.74, 6) is 0. The number of hydrogen-bond acceptors (Lipinski definition) is 3. The van der Waals surface area contributed by atoms with Gasteiger partial charge in [0.1, 0.15) is 12.0 Å². The molecule has 0 aromatic carbocycles. The molecule has 0 bridgehead atoms. The summed E-state index contributed by atoms with van der Waals surface area (Å²) in [5.41, 5.74) is -0.242. The number of aliphatic hydroxyl groups excluding tert-OH is 1. The van der Waals surface area contributed by atoms with E-state index in [1.165, 1.54) is 0 Å². The summed E-state index contributed by atoms with van der Waals surface area (Å²) >= 11 is 0. The minimum atomic E-state index is -0.401. The molecule has 0 radical (unpaired) electrons. The average molecular weight is 159 g/mol. The Kier molecular flexibility index (Phi) is 2.52. The molecule has 1 aliphatic rings. The molecule has 0 aromatic rings. The third kappa shape index (κ3) is 1.55. The maximum atomic E-state index is 9.36. The zero-order valence-electron chi connectivity index (χ0n) is 7.50. The molecule has 0 aliphatic carbocycles. The van der Waals surface area contributed by atoms with E-state index in [2.05, 4.69) is 6.92 Å². The molecule has 1 aliphatic heterocycles. The molecule has 11 heavy (non-hydrogen) atoms. The fourth-order valence-corrected chi connectivity index (χ4v) is 1.57. The normalized spacial score (nSPS) is 36.0. The van der Waals surface area contributed by atoms with Crippen molar-refractivity contribution in [2.24, 2.45) is 0 Å². The highest BCUT2D eigenvalue weighted by atomic mass is 16.5. The maximum Gasteiger partial charge on any atom is 0.120 e. The number of hydrogen-bond donors (Lipinski definition) is 1. The standard InChI is InChI=1S/C8H17NO2/c1-4-8(3)9(7(2)10)5-6-11-8/h7,10H,4-6H2,1-3H3. The van der Waals surface area contributed by atoms with E-state index in [0.717, 1.165) is 19.6 Å². The highest BCUT2D eigenvalue weighted by Gasteiger charge is 2.38. The van der Waals surface area contributed by atoms with Gasteiger partial charge in [0.2, 0.25) is 0 Å². The summed E-state index contributed by atoms with van der Waals surface area (Å²) in [5, 5.41) is 9.36. The van der Waals surface area contributed by atoms with Gasteiger partial charge in [-0.25, -0.2) is 4.90 Å². The van der Waals surface area contributed by atoms with Crippen molar-refractivity contribution in [3.8, 4) is 0 Å². The highest BCUT2D eigenvalue weighted by Crippen LogP contribution is 2.27. The van der Waals surface area contributed by atoms with Crippen LogP contribution in [0.4, 0.5) is 0 Å². The molecule has 0 saturated carbocycles. The molecule has 3 heteroatoms. The average Bonchev–Trinajstić information content (AvgIpc) is 2.32. The Bertz CT molecular complexity index is 138. The van der Waals surface area contributed by atoms with Crippen molar-refractivity contribution >= 4 is 0 Å². The SMILES string of the molecule is CCC1(C)OCCN1C(C)O. The summed E-state index contributed by atoms with van der Waals surface area (Å²) in [6.07, 6.45) is 0.514. The molecule has 0 aromatic heterocycles. The van der Waals surface area contributed by atoms with Crippen molar-refractivity contribution in [2.75, 3.05) is 13.2 Å². The van der Waals surface area contributed by atoms with E-state index >= 15 is 0 Å². The quantitative estimate of drug-likeness (QED) is 0.646. The van der Waals surface area contributed by atoms with E-state index < -0.39 is 6.23 Å². The highest BCUT2D eigenvalue weighted by molar-refractivity contribution is 4.81. The summed E-state index contributed by atoms with van der Waals surface area (Å²) < 4.78 is 5.53. The van der Waals surface area contributed by atoms with Crippen molar-refractivity contribution in [1.82, 2.24) is 4.90 Å². The predicted octanol–water partition coefficient (Wildman–Crippen LogP) is 0.783. The Morgan fingerprint density at radius 1 is 1.73 bits per heavy atom. The fourth-order valence-electron chi connectivity index (χ4n) is 1.57. The van der Waals surface area contributed by atoms with Gasteiger partial charge >= 0.3 is 0 Å². The summed E-state index contributed by atoms with van der Waals surface area (Å²) in [7, 11) is 0. The Morgan fingerprint density at radius 2 is 2.36 bits per heavy atom. The van der Waals surface area contributed by atoms with Crippen LogP contribution in [-0.2, 0) is 4.74 Å². The van der Waals surface area contributed by atoms with Crippen LogP contribution in [0.1, 0.15) is 27.2 Å². The minimum Gasteiger partial charge on any atom is -0.379 e. The van der Waals surface area contributed by atoms with E-state index in [4.69, 9.17) is 4.74 Å². The maximum absolute atomic E-state index is 9.36. The van der Waals surface area contributed by atoms with Gasteiger partial charge in [0.05, 0.1) is 6.61 Å². The molecule has 66 valence electrons. The van der Waals surface area contributed by atoms with Gasteiger partial charge in [0.25, 0.3) is 0 Å². The van der Waals surface area contributed by atoms with Gasteiger partial charge in [-0.1, -0.05) is 6.92 Å². The molecule has 1 heterocycles. The molecule has 1 N–H and O–H groups in total. The number of aliphatic hydroxyl groups is 1. The van der Waals surface area contributed by atoms with E-state index in [1.807, 2.05) is 11.8 Å². The van der Waals surface area contributed by atoms with Gasteiger partial charge in [-0.2, -0.15) is 0 Å². The molecular weight excluding hydrogens is 142 g/mol. The number of nitrogens with zero attached hydrogens (tertiary/aromatic N) is 1. The van der Waals surface area contributed by atoms with Crippen LogP contribution in [0.15, 0.2) is 0 Å². The monoisotopic (exact) mass is 159 g/mol. The van der Waals surface area contributed by atoms with Gasteiger partial charge in [-0.3, -0.25) is 0 Å². The van der Waals surface area contributed by atoms with Crippen LogP contribution in [0.5, 0.6) is 0 Å². The van der Waals surface area contributed by atoms with Gasteiger partial charge in [-0.15, -0.1) is 0 Å². The van der Waals surface area contributed by atoms with Gasteiger partial charge < -0.3 is 9.84 Å². The van der Waals surface area contributed by atoms with Crippen LogP contribution >= 0.6 is 0 Å². The lowest BCUT2D eigenvalue weighted by atomic mass is 10.1. The smallest absolute Gasteiger partial charge is 0.120 e. The minimum absolute atomic E-state index is 0.242. The zero-order chi connectivity index (χ0) is 8.48. The Hall–Kier alpha value is -0.120. The first-order valence-electron chi connectivity index (χ1n) is 4.19. The topological polar surface area (TPSA) is 32.7 Å². The number of ether oxygens (including phenoxy) is 1. The lowest BCUT2D eigenvalue weighted by Crippen LogP contribution is -2.46. The van der Waals surface area contributed by atoms with E-state index in [0.29, 0.717) is 0 Å². The van der Waals surface area contributed by atoms with E-state index in [1.54, 1.807) is 6.92 Å². The van der Waals surface area contributed by atoms with Gasteiger partial charge in [-0.05, 0) is 20.3 Å². The fraction of sp³-hybridized carbons (Fsp3) is 1.00. The summed E-state index contributed by atoms with van der Waals surface area (Å²) in [6, 6.07) is 0. The Labute approximate surface area is 68.0 Å². The second-order valence-electron chi connectivity index (χ2n) is 3.20. The van der Waals surface area contributed by atoms with Crippen LogP contribution in [-0.4, -0.2) is 35.1 Å². The molecular formula is C8H17NO2. The summed E-state index contributed by atoms with van der Waals surface area (Å²) in [4.78, 5) is 1.98. The Morgan fingerprint density at radius 3 is 2.73 bits per heavy atom. The lowest BCUT2D eigenvalue weighted by molar-refractivity contribution is -0.127. The molecule has 2 unspecified atom stereocenters. The second-order valence-corrected chi connectivity index (χ2v) is 3.20. The van der Waals surface area contributed by atoms with Gasteiger partial charge in [0.15, 0.2) is 0 Å². The van der Waals surface area contributed by atoms with Crippen LogP contribution < -0.4 is 0 Å². The van der Waals surface area contributed by atoms with Crippen molar-refractivity contribution in [2.45, 2.75) is 39.1 Å². The Balaban J connectivity index is 2.64. The van der Waals surface area contributed by atoms with Crippen LogP contribution in [0.2, 0.25) is 0 Å². The predicted molar refractivity (Wildman–Crippen MR) is 43.0 cm³/mol. The van der Waals surface area contributed by atoms with Gasteiger partial charge in [0, 0.05) is 6.54 Å². The van der Waals surface area contributed by atoms with Crippen molar-refractivity contribution < 1.29 is 9.84 Å². The zero-order valence-corrected chi connectivity index (χ0v) is 7.50. The lowest BCUT2D eigenvalue weighted by Gasteiger charge is -2.34. The van der Waals surface area contributed by atoms with Crippen molar-refractivity contribution in [3.05, 3.63) is 0 Å². The van der Waals surface area contributed by atoms with Crippen LogP contribution in [0.25, 0.3) is 0 Å². The van der Waals surface area contributed by atoms with E-state index in [9.17, 15) is 5.11 Å².